The molecule has 7 nitrogen and oxygen atoms in total. The highest BCUT2D eigenvalue weighted by atomic mass is 16.5. The summed E-state index contributed by atoms with van der Waals surface area (Å²) < 4.78 is 5.16. The molecule has 0 aromatic heterocycles. The lowest BCUT2D eigenvalue weighted by atomic mass is 9.95. The first-order valence-corrected chi connectivity index (χ1v) is 9.77. The number of carbonyl (C=O) groups excluding carboxylic acids is 3. The topological polar surface area (TPSA) is 107 Å². The molecule has 0 saturated heterocycles. The van der Waals surface area contributed by atoms with Crippen molar-refractivity contribution in [2.75, 3.05) is 13.7 Å². The van der Waals surface area contributed by atoms with E-state index in [1.807, 2.05) is 30.3 Å². The van der Waals surface area contributed by atoms with E-state index in [4.69, 9.17) is 4.74 Å². The zero-order valence-electron chi connectivity index (χ0n) is 17.0. The van der Waals surface area contributed by atoms with Crippen LogP contribution in [0.5, 0.6) is 5.75 Å². The second-order valence-electron chi connectivity index (χ2n) is 7.02. The number of hydrogen-bond donors (Lipinski definition) is 1. The number of hydrogen-bond acceptors (Lipinski definition) is 6. The number of ketones is 1. The second-order valence-corrected chi connectivity index (χ2v) is 7.02. The third-order valence-corrected chi connectivity index (χ3v) is 5.01. The van der Waals surface area contributed by atoms with E-state index in [1.165, 1.54) is 18.1 Å². The van der Waals surface area contributed by atoms with E-state index in [2.05, 4.69) is 0 Å². The van der Waals surface area contributed by atoms with Crippen LogP contribution >= 0.6 is 0 Å². The number of allylic oxidation sites excluding steroid dienone is 1. The molecule has 1 aliphatic heterocycles. The molecule has 0 saturated carbocycles. The number of rotatable bonds is 9. The number of carboxylic acids is 1. The number of benzene rings is 2. The average molecular weight is 420 g/mol. The smallest absolute Gasteiger partial charge is 0.290 e. The van der Waals surface area contributed by atoms with Crippen LogP contribution in [-0.4, -0.2) is 41.3 Å². The van der Waals surface area contributed by atoms with E-state index >= 15 is 0 Å². The first-order valence-electron chi connectivity index (χ1n) is 9.77. The third-order valence-electron chi connectivity index (χ3n) is 5.01. The molecule has 1 heterocycles. The molecule has 0 fully saturated rings. The molecule has 0 spiro atoms. The minimum Gasteiger partial charge on any atom is -0.550 e. The van der Waals surface area contributed by atoms with Crippen molar-refractivity contribution in [2.24, 2.45) is 0 Å². The summed E-state index contributed by atoms with van der Waals surface area (Å²) in [7, 11) is 1.52. The van der Waals surface area contributed by atoms with Gasteiger partial charge in [0.05, 0.1) is 18.7 Å². The second kappa shape index (κ2) is 9.75. The Kier molecular flexibility index (Phi) is 6.87. The standard InChI is InChI=1S/C24H23NO6/c1-31-18-12-10-17(11-13-18)22-21(19(26)14-9-16-6-3-2-4-7-16)23(29)24(30)25(22)15-5-8-20(27)28/h2-4,6-7,9-14,22,29H,5,8,15H2,1H3,(H,27,28)/p-1/b14-9+/t22-/m1/s1. The zero-order valence-corrected chi connectivity index (χ0v) is 17.0. The molecule has 31 heavy (non-hydrogen) atoms. The Labute approximate surface area is 179 Å². The lowest BCUT2D eigenvalue weighted by Gasteiger charge is -2.26. The summed E-state index contributed by atoms with van der Waals surface area (Å²) in [6.07, 6.45) is 2.82. The van der Waals surface area contributed by atoms with E-state index in [1.54, 1.807) is 30.3 Å². The number of carbonyl (C=O) groups is 3. The Morgan fingerprint density at radius 2 is 1.81 bits per heavy atom. The summed E-state index contributed by atoms with van der Waals surface area (Å²) in [5.74, 6) is -2.47. The van der Waals surface area contributed by atoms with Crippen molar-refractivity contribution in [1.29, 1.82) is 0 Å². The summed E-state index contributed by atoms with van der Waals surface area (Å²) in [4.78, 5) is 37.8. The van der Waals surface area contributed by atoms with Gasteiger partial charge in [-0.3, -0.25) is 9.59 Å². The number of ether oxygens (including phenoxy) is 1. The number of carboxylic acid groups (broad SMARTS) is 1. The van der Waals surface area contributed by atoms with Crippen LogP contribution in [0.2, 0.25) is 0 Å². The van der Waals surface area contributed by atoms with E-state index < -0.39 is 29.5 Å². The Bertz CT molecular complexity index is 1020. The molecule has 0 unspecified atom stereocenters. The van der Waals surface area contributed by atoms with E-state index in [9.17, 15) is 24.6 Å². The molecule has 3 rings (SSSR count). The van der Waals surface area contributed by atoms with Gasteiger partial charge in [-0.15, -0.1) is 0 Å². The molecule has 1 amide bonds. The van der Waals surface area contributed by atoms with Crippen molar-refractivity contribution in [3.8, 4) is 5.75 Å². The van der Waals surface area contributed by atoms with Gasteiger partial charge in [0.1, 0.15) is 5.75 Å². The predicted molar refractivity (Wildman–Crippen MR) is 112 cm³/mol. The largest absolute Gasteiger partial charge is 0.550 e. The summed E-state index contributed by atoms with van der Waals surface area (Å²) in [5.41, 5.74) is 1.35. The number of amides is 1. The number of aliphatic hydroxyl groups excluding tert-OH is 1. The molecule has 7 heteroatoms. The van der Waals surface area contributed by atoms with Crippen LogP contribution in [0.4, 0.5) is 0 Å². The van der Waals surface area contributed by atoms with Gasteiger partial charge in [-0.2, -0.15) is 0 Å². The van der Waals surface area contributed by atoms with Gasteiger partial charge in [0.15, 0.2) is 11.5 Å². The molecule has 0 radical (unpaired) electrons. The molecule has 1 atom stereocenters. The Balaban J connectivity index is 1.94. The molecular formula is C24H22NO6-. The fourth-order valence-corrected chi connectivity index (χ4v) is 3.49. The van der Waals surface area contributed by atoms with Gasteiger partial charge in [0.25, 0.3) is 5.91 Å². The normalized spacial score (nSPS) is 16.2. The van der Waals surface area contributed by atoms with Crippen molar-refractivity contribution in [3.63, 3.8) is 0 Å². The van der Waals surface area contributed by atoms with Crippen LogP contribution in [-0.2, 0) is 14.4 Å². The molecule has 160 valence electrons. The Morgan fingerprint density at radius 1 is 1.13 bits per heavy atom. The van der Waals surface area contributed by atoms with Crippen molar-refractivity contribution in [3.05, 3.63) is 83.1 Å². The van der Waals surface area contributed by atoms with Crippen LogP contribution in [0.25, 0.3) is 6.08 Å². The molecule has 2 aromatic carbocycles. The van der Waals surface area contributed by atoms with Gasteiger partial charge in [0, 0.05) is 12.5 Å². The first-order chi connectivity index (χ1) is 14.9. The third kappa shape index (κ3) is 5.01. The van der Waals surface area contributed by atoms with Crippen molar-refractivity contribution in [1.82, 2.24) is 4.90 Å². The monoisotopic (exact) mass is 420 g/mol. The number of methoxy groups -OCH3 is 1. The van der Waals surface area contributed by atoms with Gasteiger partial charge in [-0.25, -0.2) is 0 Å². The number of aliphatic carboxylic acids is 1. The minimum absolute atomic E-state index is 0.0456. The summed E-state index contributed by atoms with van der Waals surface area (Å²) in [6, 6.07) is 15.1. The lowest BCUT2D eigenvalue weighted by Crippen LogP contribution is -2.33. The van der Waals surface area contributed by atoms with E-state index in [0.717, 1.165) is 5.56 Å². The predicted octanol–water partition coefficient (Wildman–Crippen LogP) is 2.20. The SMILES string of the molecule is COc1ccc([C@@H]2C(C(=O)/C=C/c3ccccc3)=C(O)C(=O)N2CCCC(=O)[O-])cc1. The highest BCUT2D eigenvalue weighted by molar-refractivity contribution is 6.14. The zero-order chi connectivity index (χ0) is 22.4. The molecule has 1 aliphatic rings. The van der Waals surface area contributed by atoms with E-state index in [0.29, 0.717) is 11.3 Å². The van der Waals surface area contributed by atoms with Crippen LogP contribution in [0.15, 0.2) is 72.0 Å². The Morgan fingerprint density at radius 3 is 2.42 bits per heavy atom. The van der Waals surface area contributed by atoms with Crippen molar-refractivity contribution in [2.45, 2.75) is 18.9 Å². The van der Waals surface area contributed by atoms with Gasteiger partial charge in [-0.1, -0.05) is 48.5 Å². The number of aliphatic hydroxyl groups is 1. The molecule has 2 aromatic rings. The minimum atomic E-state index is -1.23. The van der Waals surface area contributed by atoms with E-state index in [-0.39, 0.29) is 25.0 Å². The fraction of sp³-hybridized carbons (Fsp3) is 0.208. The lowest BCUT2D eigenvalue weighted by molar-refractivity contribution is -0.305. The van der Waals surface area contributed by atoms with Gasteiger partial charge >= 0.3 is 0 Å². The maximum atomic E-state index is 13.0. The maximum Gasteiger partial charge on any atom is 0.290 e. The van der Waals surface area contributed by atoms with Gasteiger partial charge < -0.3 is 24.6 Å². The summed E-state index contributed by atoms with van der Waals surface area (Å²) in [6.45, 7) is 0.0484. The highest BCUT2D eigenvalue weighted by Crippen LogP contribution is 2.38. The molecule has 0 aliphatic carbocycles. The van der Waals surface area contributed by atoms with Gasteiger partial charge in [0.2, 0.25) is 0 Å². The van der Waals surface area contributed by atoms with Crippen LogP contribution in [0.3, 0.4) is 0 Å². The molecule has 1 N–H and O–H groups in total. The maximum absolute atomic E-state index is 13.0. The Hall–Kier alpha value is -3.87. The van der Waals surface area contributed by atoms with Crippen molar-refractivity contribution >= 4 is 23.7 Å². The molecular weight excluding hydrogens is 398 g/mol. The summed E-state index contributed by atoms with van der Waals surface area (Å²) >= 11 is 0. The molecule has 0 bridgehead atoms. The highest BCUT2D eigenvalue weighted by Gasteiger charge is 2.42. The average Bonchev–Trinajstić information content (AvgIpc) is 3.03. The number of nitrogens with zero attached hydrogens (tertiary/aromatic N) is 1. The fourth-order valence-electron chi connectivity index (χ4n) is 3.49. The first kappa shape index (κ1) is 21.8. The van der Waals surface area contributed by atoms with Crippen LogP contribution in [0, 0.1) is 0 Å². The van der Waals surface area contributed by atoms with Crippen molar-refractivity contribution < 1.29 is 29.3 Å². The quantitative estimate of drug-likeness (QED) is 0.624. The van der Waals surface area contributed by atoms with Crippen LogP contribution in [0.1, 0.15) is 30.0 Å². The van der Waals surface area contributed by atoms with Gasteiger partial charge in [-0.05, 0) is 42.2 Å². The summed E-state index contributed by atoms with van der Waals surface area (Å²) in [5, 5.41) is 21.3. The van der Waals surface area contributed by atoms with Crippen LogP contribution < -0.4 is 9.84 Å².